The number of piperidine rings is 1. The number of unbranched alkanes of at least 4 members (excludes halogenated alkanes) is 1. The van der Waals surface area contributed by atoms with E-state index in [0.29, 0.717) is 56.3 Å². The molecule has 10 nitrogen and oxygen atoms in total. The topological polar surface area (TPSA) is 125 Å². The molecule has 4 aromatic rings. The summed E-state index contributed by atoms with van der Waals surface area (Å²) in [5.41, 5.74) is 6.54. The van der Waals surface area contributed by atoms with Crippen LogP contribution in [-0.4, -0.2) is 78.0 Å². The molecule has 0 spiro atoms. The van der Waals surface area contributed by atoms with Crippen LogP contribution in [0.1, 0.15) is 75.9 Å². The zero-order valence-electron chi connectivity index (χ0n) is 30.2. The summed E-state index contributed by atoms with van der Waals surface area (Å²) in [7, 11) is 1.76. The second-order valence-corrected chi connectivity index (χ2v) is 13.6. The maximum absolute atomic E-state index is 13.3. The molecule has 1 fully saturated rings. The molecule has 1 unspecified atom stereocenters. The van der Waals surface area contributed by atoms with E-state index in [1.165, 1.54) is 5.57 Å². The minimum atomic E-state index is -1.02. The van der Waals surface area contributed by atoms with E-state index in [9.17, 15) is 24.0 Å². The number of allylic oxidation sites excluding steroid dienone is 1. The summed E-state index contributed by atoms with van der Waals surface area (Å²) < 4.78 is 6.03. The van der Waals surface area contributed by atoms with Crippen LogP contribution < -0.4 is 15.4 Å². The Balaban J connectivity index is 0.973. The lowest BCUT2D eigenvalue weighted by Crippen LogP contribution is -2.54. The second kappa shape index (κ2) is 17.9. The number of hydrogen-bond donors (Lipinski definition) is 2. The molecule has 0 aromatic heterocycles. The first-order valence-corrected chi connectivity index (χ1v) is 18.8. The highest BCUT2D eigenvalue weighted by Gasteiger charge is 2.45. The van der Waals surface area contributed by atoms with E-state index in [0.717, 1.165) is 33.6 Å². The number of fused-ring (bicyclic) bond motifs is 1. The first-order valence-electron chi connectivity index (χ1n) is 18.2. The van der Waals surface area contributed by atoms with Crippen molar-refractivity contribution in [1.82, 2.24) is 15.1 Å². The third-order valence-electron chi connectivity index (χ3n) is 9.70. The van der Waals surface area contributed by atoms with Gasteiger partial charge in [0.05, 0.1) is 17.7 Å². The number of anilines is 1. The number of nitrogens with zero attached hydrogens (tertiary/aromatic N) is 2. The molecule has 0 saturated carbocycles. The fraction of sp³-hybridized carbons (Fsp3) is 0.279. The second-order valence-electron chi connectivity index (χ2n) is 13.3. The van der Waals surface area contributed by atoms with Crippen molar-refractivity contribution in [3.05, 3.63) is 131 Å². The van der Waals surface area contributed by atoms with Crippen molar-refractivity contribution in [3.8, 4) is 5.75 Å². The highest BCUT2D eigenvalue weighted by molar-refractivity contribution is 6.25. The van der Waals surface area contributed by atoms with Crippen molar-refractivity contribution in [2.45, 2.75) is 44.6 Å². The van der Waals surface area contributed by atoms with Gasteiger partial charge in [-0.1, -0.05) is 78.9 Å². The molecule has 54 heavy (non-hydrogen) atoms. The maximum Gasteiger partial charge on any atom is 0.264 e. The van der Waals surface area contributed by atoms with Crippen LogP contribution >= 0.6 is 11.6 Å². The summed E-state index contributed by atoms with van der Waals surface area (Å²) in [5.74, 6) is -0.959. The predicted octanol–water partition coefficient (Wildman–Crippen LogP) is 6.80. The number of carbonyl (C=O) groups excluding carboxylic acids is 5. The fourth-order valence-corrected chi connectivity index (χ4v) is 7.08. The number of benzene rings is 4. The molecule has 2 aliphatic rings. The zero-order chi connectivity index (χ0) is 38.0. The summed E-state index contributed by atoms with van der Waals surface area (Å²) in [4.78, 5) is 65.9. The number of alkyl halides is 1. The quantitative estimate of drug-likeness (QED) is 0.0560. The Labute approximate surface area is 320 Å². The molecule has 2 N–H and O–H groups in total. The number of halogens is 1. The molecule has 1 atom stereocenters. The number of amides is 5. The summed E-state index contributed by atoms with van der Waals surface area (Å²) in [6.45, 7) is 1.25. The van der Waals surface area contributed by atoms with Crippen LogP contribution in [0.3, 0.4) is 0 Å². The van der Waals surface area contributed by atoms with Gasteiger partial charge in [0.15, 0.2) is 0 Å². The standard InChI is InChI=1S/C43H43ClN4O6/c1-47(27-28-54-32-20-18-31(19-21-32)39(30-13-6-3-7-14-30)33(24-25-44)29-11-4-2-5-12-29)38(50)17-8-9-26-45-35-16-10-15-34-40(35)43(53)48(42(34)52)36-22-23-37(49)46-41(36)51/h2-7,10-16,18-21,36,45H,8-9,17,22-28H2,1H3,(H,46,49,51)/b39-33-. The molecule has 4 aromatic carbocycles. The lowest BCUT2D eigenvalue weighted by molar-refractivity contribution is -0.136. The van der Waals surface area contributed by atoms with Gasteiger partial charge in [0, 0.05) is 38.0 Å². The average Bonchev–Trinajstić information content (AvgIpc) is 3.44. The molecule has 11 heteroatoms. The zero-order valence-corrected chi connectivity index (χ0v) is 30.9. The molecule has 5 amide bonds. The van der Waals surface area contributed by atoms with Gasteiger partial charge in [0.2, 0.25) is 17.7 Å². The Bertz CT molecular complexity index is 2030. The average molecular weight is 747 g/mol. The number of carbonyl (C=O) groups is 5. The minimum Gasteiger partial charge on any atom is -0.492 e. The molecule has 2 heterocycles. The molecule has 2 aliphatic heterocycles. The van der Waals surface area contributed by atoms with Crippen LogP contribution in [0.4, 0.5) is 5.69 Å². The number of rotatable bonds is 16. The normalized spacial score (nSPS) is 15.7. The largest absolute Gasteiger partial charge is 0.492 e. The predicted molar refractivity (Wildman–Crippen MR) is 209 cm³/mol. The third kappa shape index (κ3) is 8.72. The summed E-state index contributed by atoms with van der Waals surface area (Å²) in [6, 6.07) is 32.6. The van der Waals surface area contributed by atoms with Gasteiger partial charge < -0.3 is 15.0 Å². The lowest BCUT2D eigenvalue weighted by Gasteiger charge is -2.27. The van der Waals surface area contributed by atoms with E-state index in [2.05, 4.69) is 47.0 Å². The Hall–Kier alpha value is -5.74. The summed E-state index contributed by atoms with van der Waals surface area (Å²) in [5, 5.41) is 5.44. The van der Waals surface area contributed by atoms with Gasteiger partial charge in [0.25, 0.3) is 11.8 Å². The number of nitrogens with one attached hydrogen (secondary N) is 2. The van der Waals surface area contributed by atoms with Gasteiger partial charge in [-0.3, -0.25) is 34.2 Å². The van der Waals surface area contributed by atoms with Gasteiger partial charge in [-0.2, -0.15) is 0 Å². The van der Waals surface area contributed by atoms with Gasteiger partial charge in [-0.05, 0) is 77.8 Å². The van der Waals surface area contributed by atoms with Gasteiger partial charge in [0.1, 0.15) is 18.4 Å². The molecule has 1 saturated heterocycles. The maximum atomic E-state index is 13.3. The number of imide groups is 2. The Morgan fingerprint density at radius 3 is 2.20 bits per heavy atom. The minimum absolute atomic E-state index is 0.000537. The van der Waals surface area contributed by atoms with Crippen molar-refractivity contribution in [2.24, 2.45) is 0 Å². The third-order valence-corrected chi connectivity index (χ3v) is 9.89. The smallest absolute Gasteiger partial charge is 0.264 e. The molecule has 6 rings (SSSR count). The Morgan fingerprint density at radius 2 is 1.52 bits per heavy atom. The van der Waals surface area contributed by atoms with Crippen LogP contribution in [-0.2, 0) is 14.4 Å². The number of hydrogen-bond acceptors (Lipinski definition) is 7. The lowest BCUT2D eigenvalue weighted by atomic mass is 9.88. The Kier molecular flexibility index (Phi) is 12.6. The van der Waals surface area contributed by atoms with Gasteiger partial charge in [-0.25, -0.2) is 0 Å². The summed E-state index contributed by atoms with van der Waals surface area (Å²) >= 11 is 6.29. The van der Waals surface area contributed by atoms with E-state index < -0.39 is 29.7 Å². The SMILES string of the molecule is CN(CCOc1ccc(/C(=C(/CCCl)c2ccccc2)c2ccccc2)cc1)C(=O)CCCCNc1cccc2c1C(=O)N(C1CCC(=O)NC1=O)C2=O. The highest BCUT2D eigenvalue weighted by atomic mass is 35.5. The number of ether oxygens (including phenoxy) is 1. The summed E-state index contributed by atoms with van der Waals surface area (Å²) in [6.07, 6.45) is 2.50. The molecule has 278 valence electrons. The Morgan fingerprint density at radius 1 is 0.833 bits per heavy atom. The van der Waals surface area contributed by atoms with Crippen LogP contribution in [0.2, 0.25) is 0 Å². The van der Waals surface area contributed by atoms with Gasteiger partial charge in [-0.15, -0.1) is 11.6 Å². The van der Waals surface area contributed by atoms with Crippen molar-refractivity contribution in [3.63, 3.8) is 0 Å². The first-order chi connectivity index (χ1) is 26.3. The van der Waals surface area contributed by atoms with Crippen molar-refractivity contribution < 1.29 is 28.7 Å². The molecule has 0 aliphatic carbocycles. The molecular formula is C43H43ClN4O6. The number of likely N-dealkylation sites (N-methyl/N-ethyl adjacent to an activating group) is 1. The molecule has 0 bridgehead atoms. The first kappa shape index (κ1) is 38.0. The van der Waals surface area contributed by atoms with Crippen molar-refractivity contribution in [2.75, 3.05) is 37.9 Å². The van der Waals surface area contributed by atoms with Crippen LogP contribution in [0.15, 0.2) is 103 Å². The van der Waals surface area contributed by atoms with E-state index >= 15 is 0 Å². The van der Waals surface area contributed by atoms with E-state index in [1.807, 2.05) is 48.5 Å². The molecular weight excluding hydrogens is 704 g/mol. The van der Waals surface area contributed by atoms with Crippen molar-refractivity contribution in [1.29, 1.82) is 0 Å². The monoisotopic (exact) mass is 746 g/mol. The highest BCUT2D eigenvalue weighted by Crippen LogP contribution is 2.36. The fourth-order valence-electron chi connectivity index (χ4n) is 6.89. The van der Waals surface area contributed by atoms with E-state index in [-0.39, 0.29) is 29.9 Å². The van der Waals surface area contributed by atoms with Gasteiger partial charge >= 0.3 is 0 Å². The van der Waals surface area contributed by atoms with E-state index in [4.69, 9.17) is 16.3 Å². The van der Waals surface area contributed by atoms with Crippen LogP contribution in [0.25, 0.3) is 11.1 Å². The molecule has 0 radical (unpaired) electrons. The van der Waals surface area contributed by atoms with Crippen LogP contribution in [0.5, 0.6) is 5.75 Å². The van der Waals surface area contributed by atoms with Crippen molar-refractivity contribution >= 4 is 58.0 Å². The van der Waals surface area contributed by atoms with E-state index in [1.54, 1.807) is 30.1 Å². The van der Waals surface area contributed by atoms with Crippen LogP contribution in [0, 0.1) is 0 Å².